The summed E-state index contributed by atoms with van der Waals surface area (Å²) in [6.07, 6.45) is 3.81. The van der Waals surface area contributed by atoms with Crippen molar-refractivity contribution in [3.63, 3.8) is 0 Å². The maximum Gasteiger partial charge on any atom is 0.341 e. The van der Waals surface area contributed by atoms with Crippen LogP contribution in [0.15, 0.2) is 0 Å². The fraction of sp³-hybridized carbons (Fsp3) is 0.611. The second kappa shape index (κ2) is 7.99. The van der Waals surface area contributed by atoms with Crippen LogP contribution in [0.25, 0.3) is 0 Å². The van der Waals surface area contributed by atoms with Crippen molar-refractivity contribution in [3.8, 4) is 0 Å². The van der Waals surface area contributed by atoms with E-state index in [-0.39, 0.29) is 13.2 Å². The lowest BCUT2D eigenvalue weighted by atomic mass is 9.95. The quantitative estimate of drug-likeness (QED) is 0.807. The fourth-order valence-electron chi connectivity index (χ4n) is 2.58. The number of ether oxygens (including phenoxy) is 2. The van der Waals surface area contributed by atoms with Crippen LogP contribution in [0.4, 0.5) is 5.00 Å². The smallest absolute Gasteiger partial charge is 0.341 e. The van der Waals surface area contributed by atoms with Gasteiger partial charge in [-0.1, -0.05) is 0 Å². The lowest BCUT2D eigenvalue weighted by Gasteiger charge is -2.16. The molecule has 1 amide bonds. The van der Waals surface area contributed by atoms with Crippen LogP contribution < -0.4 is 5.32 Å². The number of aryl methyl sites for hydroxylation is 1. The average molecular weight is 367 g/mol. The van der Waals surface area contributed by atoms with Crippen molar-refractivity contribution in [3.05, 3.63) is 16.0 Å². The van der Waals surface area contributed by atoms with Gasteiger partial charge in [0.2, 0.25) is 0 Å². The summed E-state index contributed by atoms with van der Waals surface area (Å²) >= 11 is 1.41. The summed E-state index contributed by atoms with van der Waals surface area (Å²) in [5.41, 5.74) is 0.770. The van der Waals surface area contributed by atoms with Gasteiger partial charge in [0.25, 0.3) is 5.91 Å². The van der Waals surface area contributed by atoms with E-state index < -0.39 is 23.3 Å². The average Bonchev–Trinajstić information content (AvgIpc) is 2.89. The highest BCUT2D eigenvalue weighted by molar-refractivity contribution is 7.17. The van der Waals surface area contributed by atoms with Crippen LogP contribution in [0.2, 0.25) is 0 Å². The van der Waals surface area contributed by atoms with Gasteiger partial charge in [0.1, 0.15) is 5.00 Å². The van der Waals surface area contributed by atoms with Crippen LogP contribution in [-0.4, -0.2) is 31.1 Å². The van der Waals surface area contributed by atoms with Crippen molar-refractivity contribution in [2.24, 2.45) is 5.41 Å². The van der Waals surface area contributed by atoms with Gasteiger partial charge in [-0.05, 0) is 58.9 Å². The first kappa shape index (κ1) is 19.4. The Labute approximate surface area is 151 Å². The van der Waals surface area contributed by atoms with E-state index in [0.717, 1.165) is 36.1 Å². The molecule has 2 rings (SSSR count). The number of esters is 2. The van der Waals surface area contributed by atoms with E-state index in [9.17, 15) is 14.4 Å². The molecule has 1 N–H and O–H groups in total. The number of hydrogen-bond acceptors (Lipinski definition) is 6. The molecule has 6 nitrogen and oxygen atoms in total. The van der Waals surface area contributed by atoms with Gasteiger partial charge in [0.05, 0.1) is 17.6 Å². The molecule has 0 spiro atoms. The highest BCUT2D eigenvalue weighted by Gasteiger charge is 2.28. The van der Waals surface area contributed by atoms with Crippen molar-refractivity contribution < 1.29 is 23.9 Å². The van der Waals surface area contributed by atoms with Crippen LogP contribution in [0.5, 0.6) is 0 Å². The molecule has 0 unspecified atom stereocenters. The summed E-state index contributed by atoms with van der Waals surface area (Å²) in [6, 6.07) is 0. The molecule has 0 bridgehead atoms. The number of hydrogen-bond donors (Lipinski definition) is 1. The monoisotopic (exact) mass is 367 g/mol. The largest absolute Gasteiger partial charge is 0.462 e. The molecule has 7 heteroatoms. The number of thiophene rings is 1. The predicted molar refractivity (Wildman–Crippen MR) is 96.0 cm³/mol. The predicted octanol–water partition coefficient (Wildman–Crippen LogP) is 3.33. The highest BCUT2D eigenvalue weighted by Crippen LogP contribution is 2.38. The van der Waals surface area contributed by atoms with Gasteiger partial charge in [-0.3, -0.25) is 9.59 Å². The number of carbonyl (C=O) groups excluding carboxylic acids is 3. The fourth-order valence-corrected chi connectivity index (χ4v) is 3.88. The van der Waals surface area contributed by atoms with Crippen LogP contribution in [0.1, 0.15) is 61.3 Å². The van der Waals surface area contributed by atoms with Crippen LogP contribution >= 0.6 is 11.3 Å². The molecule has 1 heterocycles. The molecule has 0 aromatic carbocycles. The maximum atomic E-state index is 12.3. The standard InChI is InChI=1S/C18H25NO5S/c1-5-23-16(21)14-11-8-6-7-9-12(11)25-15(14)19-13(20)10-24-17(22)18(2,3)4/h5-10H2,1-4H3,(H,19,20). The zero-order chi connectivity index (χ0) is 18.6. The third-order valence-electron chi connectivity index (χ3n) is 3.85. The molecule has 0 saturated carbocycles. The first-order valence-corrected chi connectivity index (χ1v) is 9.34. The molecule has 138 valence electrons. The van der Waals surface area contributed by atoms with Crippen molar-refractivity contribution in [2.45, 2.75) is 53.4 Å². The Balaban J connectivity index is 2.13. The zero-order valence-corrected chi connectivity index (χ0v) is 16.0. The number of amides is 1. The molecule has 1 aliphatic carbocycles. The molecule has 0 atom stereocenters. The topological polar surface area (TPSA) is 81.7 Å². The highest BCUT2D eigenvalue weighted by atomic mass is 32.1. The normalized spacial score (nSPS) is 13.8. The second-order valence-corrected chi connectivity index (χ2v) is 8.11. The summed E-state index contributed by atoms with van der Waals surface area (Å²) in [5.74, 6) is -1.32. The van der Waals surface area contributed by atoms with Crippen molar-refractivity contribution in [2.75, 3.05) is 18.5 Å². The number of anilines is 1. The minimum atomic E-state index is -0.668. The van der Waals surface area contributed by atoms with Gasteiger partial charge in [0.15, 0.2) is 6.61 Å². The summed E-state index contributed by atoms with van der Waals surface area (Å²) < 4.78 is 10.2. The van der Waals surface area contributed by atoms with Gasteiger partial charge >= 0.3 is 11.9 Å². The van der Waals surface area contributed by atoms with E-state index in [1.54, 1.807) is 27.7 Å². The minimum absolute atomic E-state index is 0.278. The van der Waals surface area contributed by atoms with Gasteiger partial charge in [-0.25, -0.2) is 4.79 Å². The Kier molecular flexibility index (Phi) is 6.21. The molecular weight excluding hydrogens is 342 g/mol. The SMILES string of the molecule is CCOC(=O)c1c(NC(=O)COC(=O)C(C)(C)C)sc2c1CCCC2. The third-order valence-corrected chi connectivity index (χ3v) is 5.06. The molecule has 0 radical (unpaired) electrons. The summed E-state index contributed by atoms with van der Waals surface area (Å²) in [6.45, 7) is 6.82. The summed E-state index contributed by atoms with van der Waals surface area (Å²) in [5, 5.41) is 3.20. The van der Waals surface area contributed by atoms with Gasteiger partial charge in [-0.2, -0.15) is 0 Å². The second-order valence-electron chi connectivity index (χ2n) is 7.01. The van der Waals surface area contributed by atoms with Crippen molar-refractivity contribution in [1.82, 2.24) is 0 Å². The van der Waals surface area contributed by atoms with E-state index in [1.165, 1.54) is 11.3 Å². The lowest BCUT2D eigenvalue weighted by molar-refractivity contribution is -0.155. The third kappa shape index (κ3) is 4.81. The van der Waals surface area contributed by atoms with Crippen molar-refractivity contribution in [1.29, 1.82) is 0 Å². The molecular formula is C18H25NO5S. The van der Waals surface area contributed by atoms with E-state index in [1.807, 2.05) is 0 Å². The molecule has 0 saturated heterocycles. The van der Waals surface area contributed by atoms with E-state index in [0.29, 0.717) is 10.6 Å². The number of rotatable bonds is 5. The molecule has 0 aliphatic heterocycles. The number of carbonyl (C=O) groups is 3. The van der Waals surface area contributed by atoms with E-state index in [4.69, 9.17) is 9.47 Å². The van der Waals surface area contributed by atoms with Crippen molar-refractivity contribution >= 4 is 34.2 Å². The Hall–Kier alpha value is -1.89. The van der Waals surface area contributed by atoms with E-state index >= 15 is 0 Å². The van der Waals surface area contributed by atoms with Gasteiger partial charge in [-0.15, -0.1) is 11.3 Å². The molecule has 1 aliphatic rings. The number of fused-ring (bicyclic) bond motifs is 1. The van der Waals surface area contributed by atoms with Gasteiger partial charge < -0.3 is 14.8 Å². The van der Waals surface area contributed by atoms with Crippen LogP contribution in [0.3, 0.4) is 0 Å². The molecule has 1 aromatic rings. The Morgan fingerprint density at radius 2 is 1.80 bits per heavy atom. The summed E-state index contributed by atoms with van der Waals surface area (Å²) in [7, 11) is 0. The summed E-state index contributed by atoms with van der Waals surface area (Å²) in [4.78, 5) is 37.4. The lowest BCUT2D eigenvalue weighted by Crippen LogP contribution is -2.28. The Bertz CT molecular complexity index is 672. The van der Waals surface area contributed by atoms with Gasteiger partial charge in [0, 0.05) is 4.88 Å². The maximum absolute atomic E-state index is 12.3. The Morgan fingerprint density at radius 3 is 2.44 bits per heavy atom. The van der Waals surface area contributed by atoms with E-state index in [2.05, 4.69) is 5.32 Å². The molecule has 1 aromatic heterocycles. The van der Waals surface area contributed by atoms with Crippen LogP contribution in [-0.2, 0) is 31.9 Å². The Morgan fingerprint density at radius 1 is 1.12 bits per heavy atom. The molecule has 0 fully saturated rings. The zero-order valence-electron chi connectivity index (χ0n) is 15.2. The minimum Gasteiger partial charge on any atom is -0.462 e. The number of nitrogens with one attached hydrogen (secondary N) is 1. The van der Waals surface area contributed by atoms with Crippen LogP contribution in [0, 0.1) is 5.41 Å². The first-order chi connectivity index (χ1) is 11.7. The first-order valence-electron chi connectivity index (χ1n) is 8.52. The molecule has 25 heavy (non-hydrogen) atoms.